The van der Waals surface area contributed by atoms with Gasteiger partial charge >= 0.3 is 0 Å². The first-order valence-electron chi connectivity index (χ1n) is 19.7. The quantitative estimate of drug-likeness (QED) is 0.160. The molecule has 0 saturated heterocycles. The molecular formula is C55H35N3. The second-order valence-electron chi connectivity index (χ2n) is 14.8. The second-order valence-corrected chi connectivity index (χ2v) is 14.8. The van der Waals surface area contributed by atoms with Crippen LogP contribution in [0.1, 0.15) is 0 Å². The highest BCUT2D eigenvalue weighted by Crippen LogP contribution is 2.43. The van der Waals surface area contributed by atoms with Crippen molar-refractivity contribution in [3.63, 3.8) is 0 Å². The molecule has 0 N–H and O–H groups in total. The van der Waals surface area contributed by atoms with E-state index in [9.17, 15) is 0 Å². The van der Waals surface area contributed by atoms with Gasteiger partial charge in [-0.1, -0.05) is 182 Å². The van der Waals surface area contributed by atoms with Crippen LogP contribution in [0, 0.1) is 0 Å². The van der Waals surface area contributed by atoms with Crippen LogP contribution in [-0.2, 0) is 0 Å². The standard InChI is InChI=1S/C55H35N3/c1-3-14-36(15-4-1)38-26-29-39(30-27-38)51-35-52(58-55(57-51)40-17-5-2-6-18-40)43-21-13-20-42(33-43)48-34-49-53(46-23-10-9-22-45(46)48)47-24-11-12-25-50(47)56-54(49)44-31-28-37-16-7-8-19-41(37)32-44/h1-35H. The largest absolute Gasteiger partial charge is 0.247 e. The van der Waals surface area contributed by atoms with Crippen LogP contribution in [0.2, 0.25) is 0 Å². The Morgan fingerprint density at radius 1 is 0.276 bits per heavy atom. The van der Waals surface area contributed by atoms with E-state index in [-0.39, 0.29) is 0 Å². The van der Waals surface area contributed by atoms with Crippen molar-refractivity contribution >= 4 is 43.2 Å². The molecule has 9 aromatic carbocycles. The van der Waals surface area contributed by atoms with Crippen molar-refractivity contribution in [3.05, 3.63) is 212 Å². The summed E-state index contributed by atoms with van der Waals surface area (Å²) in [7, 11) is 0. The number of rotatable bonds is 6. The first-order chi connectivity index (χ1) is 28.7. The molecule has 2 heterocycles. The molecular weight excluding hydrogens is 703 g/mol. The lowest BCUT2D eigenvalue weighted by molar-refractivity contribution is 1.18. The monoisotopic (exact) mass is 737 g/mol. The van der Waals surface area contributed by atoms with Gasteiger partial charge in [-0.05, 0) is 74.1 Å². The maximum absolute atomic E-state index is 5.37. The van der Waals surface area contributed by atoms with Gasteiger partial charge in [0.1, 0.15) is 0 Å². The Balaban J connectivity index is 1.10. The van der Waals surface area contributed by atoms with E-state index in [0.29, 0.717) is 5.82 Å². The molecule has 11 rings (SSSR count). The molecule has 0 saturated carbocycles. The predicted molar refractivity (Wildman–Crippen MR) is 242 cm³/mol. The van der Waals surface area contributed by atoms with Crippen molar-refractivity contribution in [1.82, 2.24) is 15.0 Å². The molecule has 0 radical (unpaired) electrons. The van der Waals surface area contributed by atoms with Gasteiger partial charge in [-0.2, -0.15) is 0 Å². The lowest BCUT2D eigenvalue weighted by Crippen LogP contribution is -1.96. The van der Waals surface area contributed by atoms with Gasteiger partial charge in [-0.25, -0.2) is 15.0 Å². The summed E-state index contributed by atoms with van der Waals surface area (Å²) in [5, 5.41) is 8.31. The summed E-state index contributed by atoms with van der Waals surface area (Å²) in [6.45, 7) is 0. The van der Waals surface area contributed by atoms with Crippen LogP contribution in [0.4, 0.5) is 0 Å². The van der Waals surface area contributed by atoms with Gasteiger partial charge in [0.15, 0.2) is 5.82 Å². The zero-order valence-corrected chi connectivity index (χ0v) is 31.5. The Kier molecular flexibility index (Phi) is 8.15. The summed E-state index contributed by atoms with van der Waals surface area (Å²) in [5.74, 6) is 0.694. The first-order valence-corrected chi connectivity index (χ1v) is 19.7. The zero-order chi connectivity index (χ0) is 38.4. The molecule has 0 bridgehead atoms. The normalized spacial score (nSPS) is 11.4. The van der Waals surface area contributed by atoms with Crippen LogP contribution in [0.3, 0.4) is 0 Å². The van der Waals surface area contributed by atoms with Crippen LogP contribution in [0.25, 0.3) is 111 Å². The van der Waals surface area contributed by atoms with Gasteiger partial charge in [-0.15, -0.1) is 0 Å². The Morgan fingerprint density at radius 3 is 1.64 bits per heavy atom. The minimum Gasteiger partial charge on any atom is -0.247 e. The molecule has 0 aliphatic heterocycles. The summed E-state index contributed by atoms with van der Waals surface area (Å²) in [6.07, 6.45) is 0. The van der Waals surface area contributed by atoms with Crippen molar-refractivity contribution in [1.29, 1.82) is 0 Å². The molecule has 11 aromatic rings. The predicted octanol–water partition coefficient (Wildman–Crippen LogP) is 14.5. The third-order valence-electron chi connectivity index (χ3n) is 11.2. The molecule has 58 heavy (non-hydrogen) atoms. The first kappa shape index (κ1) is 33.6. The van der Waals surface area contributed by atoms with Crippen molar-refractivity contribution < 1.29 is 0 Å². The summed E-state index contributed by atoms with van der Waals surface area (Å²) in [4.78, 5) is 15.7. The Hall–Kier alpha value is -7.75. The molecule has 3 nitrogen and oxygen atoms in total. The molecule has 3 heteroatoms. The topological polar surface area (TPSA) is 38.7 Å². The summed E-state index contributed by atoms with van der Waals surface area (Å²) < 4.78 is 0. The van der Waals surface area contributed by atoms with E-state index in [1.807, 2.05) is 24.3 Å². The summed E-state index contributed by atoms with van der Waals surface area (Å²) >= 11 is 0. The minimum absolute atomic E-state index is 0.694. The fourth-order valence-corrected chi connectivity index (χ4v) is 8.38. The maximum Gasteiger partial charge on any atom is 0.160 e. The maximum atomic E-state index is 5.37. The number of para-hydroxylation sites is 1. The Bertz CT molecular complexity index is 3320. The van der Waals surface area contributed by atoms with Crippen LogP contribution >= 0.6 is 0 Å². The highest BCUT2D eigenvalue weighted by molar-refractivity contribution is 6.25. The molecule has 270 valence electrons. The molecule has 0 atom stereocenters. The number of benzene rings is 9. The lowest BCUT2D eigenvalue weighted by Gasteiger charge is -2.17. The molecule has 0 unspecified atom stereocenters. The van der Waals surface area contributed by atoms with Gasteiger partial charge in [0.05, 0.1) is 22.6 Å². The fraction of sp³-hybridized carbons (Fsp3) is 0. The van der Waals surface area contributed by atoms with E-state index < -0.39 is 0 Å². The number of hydrogen-bond acceptors (Lipinski definition) is 3. The third-order valence-corrected chi connectivity index (χ3v) is 11.2. The second kappa shape index (κ2) is 14.1. The summed E-state index contributed by atoms with van der Waals surface area (Å²) in [6, 6.07) is 75.2. The molecule has 0 spiro atoms. The van der Waals surface area contributed by atoms with Crippen LogP contribution in [0.15, 0.2) is 212 Å². The van der Waals surface area contributed by atoms with E-state index in [1.165, 1.54) is 38.1 Å². The average Bonchev–Trinajstić information content (AvgIpc) is 3.31. The number of nitrogens with zero attached hydrogens (tertiary/aromatic N) is 3. The van der Waals surface area contributed by atoms with Gasteiger partial charge in [-0.3, -0.25) is 0 Å². The fourth-order valence-electron chi connectivity index (χ4n) is 8.38. The van der Waals surface area contributed by atoms with Gasteiger partial charge in [0, 0.05) is 38.4 Å². The van der Waals surface area contributed by atoms with Crippen LogP contribution in [0.5, 0.6) is 0 Å². The van der Waals surface area contributed by atoms with Gasteiger partial charge in [0.2, 0.25) is 0 Å². The molecule has 0 aliphatic rings. The minimum atomic E-state index is 0.694. The summed E-state index contributed by atoms with van der Waals surface area (Å²) in [5.41, 5.74) is 12.5. The van der Waals surface area contributed by atoms with Crippen molar-refractivity contribution in [2.45, 2.75) is 0 Å². The third kappa shape index (κ3) is 5.98. The van der Waals surface area contributed by atoms with E-state index in [1.54, 1.807) is 0 Å². The number of fused-ring (bicyclic) bond motifs is 6. The van der Waals surface area contributed by atoms with Crippen molar-refractivity contribution in [2.75, 3.05) is 0 Å². The van der Waals surface area contributed by atoms with Gasteiger partial charge in [0.25, 0.3) is 0 Å². The highest BCUT2D eigenvalue weighted by atomic mass is 14.9. The zero-order valence-electron chi connectivity index (χ0n) is 31.5. The van der Waals surface area contributed by atoms with E-state index in [4.69, 9.17) is 15.0 Å². The Labute approximate surface area is 336 Å². The van der Waals surface area contributed by atoms with Crippen molar-refractivity contribution in [3.8, 4) is 67.4 Å². The Morgan fingerprint density at radius 2 is 0.845 bits per heavy atom. The molecule has 0 fully saturated rings. The smallest absolute Gasteiger partial charge is 0.160 e. The van der Waals surface area contributed by atoms with E-state index >= 15 is 0 Å². The van der Waals surface area contributed by atoms with Crippen LogP contribution < -0.4 is 0 Å². The SMILES string of the molecule is c1ccc(-c2ccc(-c3cc(-c4cccc(-c5cc6c(-c7ccc8ccccc8c7)nc7ccccc7c6c6ccccc56)c4)nc(-c4ccccc4)n3)cc2)cc1. The molecule has 2 aromatic heterocycles. The van der Waals surface area contributed by atoms with E-state index in [2.05, 4.69) is 188 Å². The number of pyridine rings is 1. The lowest BCUT2D eigenvalue weighted by atomic mass is 9.89. The number of hydrogen-bond donors (Lipinski definition) is 0. The highest BCUT2D eigenvalue weighted by Gasteiger charge is 2.18. The molecule has 0 amide bonds. The van der Waals surface area contributed by atoms with Gasteiger partial charge < -0.3 is 0 Å². The number of aromatic nitrogens is 3. The molecule has 0 aliphatic carbocycles. The van der Waals surface area contributed by atoms with E-state index in [0.717, 1.165) is 66.8 Å². The van der Waals surface area contributed by atoms with Crippen LogP contribution in [-0.4, -0.2) is 15.0 Å². The van der Waals surface area contributed by atoms with Crippen molar-refractivity contribution in [2.24, 2.45) is 0 Å². The average molecular weight is 738 g/mol.